The molecule has 1 atom stereocenters. The average molecular weight is 382 g/mol. The van der Waals surface area contributed by atoms with Crippen molar-refractivity contribution in [2.24, 2.45) is 0 Å². The molecule has 1 saturated carbocycles. The number of halogens is 1. The molecular formula is C22H23FN2O3. The number of carbonyl (C=O) groups excluding carboxylic acids is 2. The molecule has 0 radical (unpaired) electrons. The second-order valence-corrected chi connectivity index (χ2v) is 7.38. The van der Waals surface area contributed by atoms with E-state index >= 15 is 0 Å². The Morgan fingerprint density at radius 2 is 1.68 bits per heavy atom. The predicted molar refractivity (Wildman–Crippen MR) is 103 cm³/mol. The molecule has 1 aliphatic carbocycles. The van der Waals surface area contributed by atoms with Crippen LogP contribution in [0.1, 0.15) is 46.4 Å². The Morgan fingerprint density at radius 1 is 1.00 bits per heavy atom. The van der Waals surface area contributed by atoms with Crippen molar-refractivity contribution < 1.29 is 18.7 Å². The number of amides is 2. The number of ether oxygens (including phenoxy) is 1. The van der Waals surface area contributed by atoms with Crippen LogP contribution < -0.4 is 10.1 Å². The van der Waals surface area contributed by atoms with E-state index in [1.165, 1.54) is 24.3 Å². The molecule has 0 spiro atoms. The highest BCUT2D eigenvalue weighted by Crippen LogP contribution is 2.23. The van der Waals surface area contributed by atoms with Crippen LogP contribution in [0.3, 0.4) is 0 Å². The van der Waals surface area contributed by atoms with Gasteiger partial charge in [0.1, 0.15) is 18.2 Å². The minimum absolute atomic E-state index is 0.0182. The molecule has 1 N–H and O–H groups in total. The Kier molecular flexibility index (Phi) is 5.28. The molecule has 28 heavy (non-hydrogen) atoms. The molecule has 0 aromatic heterocycles. The fraction of sp³-hybridized carbons (Fsp3) is 0.364. The van der Waals surface area contributed by atoms with Crippen molar-refractivity contribution in [2.75, 3.05) is 13.2 Å². The van der Waals surface area contributed by atoms with Crippen LogP contribution in [0.25, 0.3) is 0 Å². The summed E-state index contributed by atoms with van der Waals surface area (Å²) in [5.41, 5.74) is 1.10. The molecule has 2 aliphatic rings. The van der Waals surface area contributed by atoms with E-state index in [2.05, 4.69) is 5.32 Å². The molecule has 0 bridgehead atoms. The fourth-order valence-corrected chi connectivity index (χ4v) is 3.43. The van der Waals surface area contributed by atoms with Crippen LogP contribution in [-0.2, 0) is 0 Å². The monoisotopic (exact) mass is 382 g/mol. The highest BCUT2D eigenvalue weighted by atomic mass is 19.1. The molecule has 6 heteroatoms. The molecule has 2 aromatic carbocycles. The van der Waals surface area contributed by atoms with E-state index in [0.717, 1.165) is 25.7 Å². The maximum absolute atomic E-state index is 13.1. The SMILES string of the molecule is O=C(NC1CC1)c1ccc(OC[C@H]2CCCN2C(=O)c2ccc(F)cc2)cc1. The first-order chi connectivity index (χ1) is 13.6. The summed E-state index contributed by atoms with van der Waals surface area (Å²) in [5, 5.41) is 2.96. The summed E-state index contributed by atoms with van der Waals surface area (Å²) in [6.07, 6.45) is 3.90. The Hall–Kier alpha value is -2.89. The number of hydrogen-bond donors (Lipinski definition) is 1. The normalized spacial score (nSPS) is 18.8. The molecule has 1 heterocycles. The van der Waals surface area contributed by atoms with E-state index in [4.69, 9.17) is 4.74 Å². The summed E-state index contributed by atoms with van der Waals surface area (Å²) < 4.78 is 19.0. The third-order valence-electron chi connectivity index (χ3n) is 5.20. The standard InChI is InChI=1S/C22H23FN2O3/c23-17-7-3-16(4-8-17)22(27)25-13-1-2-19(25)14-28-20-11-5-15(6-12-20)21(26)24-18-9-10-18/h3-8,11-12,18-19H,1-2,9-10,13-14H2,(H,24,26)/t19-/m1/s1. The maximum Gasteiger partial charge on any atom is 0.254 e. The van der Waals surface area contributed by atoms with Crippen molar-refractivity contribution in [3.63, 3.8) is 0 Å². The number of carbonyl (C=O) groups is 2. The average Bonchev–Trinajstić information content (AvgIpc) is 3.40. The van der Waals surface area contributed by atoms with Crippen molar-refractivity contribution in [1.29, 1.82) is 0 Å². The summed E-state index contributed by atoms with van der Waals surface area (Å²) >= 11 is 0. The molecule has 1 saturated heterocycles. The summed E-state index contributed by atoms with van der Waals surface area (Å²) in [6.45, 7) is 1.06. The van der Waals surface area contributed by atoms with E-state index in [0.29, 0.717) is 36.1 Å². The zero-order chi connectivity index (χ0) is 19.5. The third-order valence-corrected chi connectivity index (χ3v) is 5.20. The summed E-state index contributed by atoms with van der Waals surface area (Å²) in [4.78, 5) is 26.5. The second-order valence-electron chi connectivity index (χ2n) is 7.38. The summed E-state index contributed by atoms with van der Waals surface area (Å²) in [6, 6.07) is 13.0. The highest BCUT2D eigenvalue weighted by molar-refractivity contribution is 5.95. The lowest BCUT2D eigenvalue weighted by Crippen LogP contribution is -2.39. The number of likely N-dealkylation sites (tertiary alicyclic amines) is 1. The van der Waals surface area contributed by atoms with E-state index in [1.54, 1.807) is 29.2 Å². The van der Waals surface area contributed by atoms with Gasteiger partial charge >= 0.3 is 0 Å². The van der Waals surface area contributed by atoms with Crippen LogP contribution in [0.2, 0.25) is 0 Å². The molecule has 146 valence electrons. The topological polar surface area (TPSA) is 58.6 Å². The number of hydrogen-bond acceptors (Lipinski definition) is 3. The minimum atomic E-state index is -0.355. The van der Waals surface area contributed by atoms with Crippen molar-refractivity contribution in [1.82, 2.24) is 10.2 Å². The largest absolute Gasteiger partial charge is 0.491 e. The molecular weight excluding hydrogens is 359 g/mol. The Morgan fingerprint density at radius 3 is 2.36 bits per heavy atom. The van der Waals surface area contributed by atoms with Gasteiger partial charge in [-0.25, -0.2) is 4.39 Å². The van der Waals surface area contributed by atoms with Gasteiger partial charge in [-0.15, -0.1) is 0 Å². The van der Waals surface area contributed by atoms with Crippen LogP contribution in [0.5, 0.6) is 5.75 Å². The Labute approximate surface area is 163 Å². The smallest absolute Gasteiger partial charge is 0.254 e. The zero-order valence-electron chi connectivity index (χ0n) is 15.6. The van der Waals surface area contributed by atoms with Gasteiger partial charge in [0.25, 0.3) is 11.8 Å². The molecule has 2 aromatic rings. The number of nitrogens with one attached hydrogen (secondary N) is 1. The number of benzene rings is 2. The van der Waals surface area contributed by atoms with Crippen molar-refractivity contribution >= 4 is 11.8 Å². The van der Waals surface area contributed by atoms with E-state index in [1.807, 2.05) is 0 Å². The first-order valence-corrected chi connectivity index (χ1v) is 9.70. The van der Waals surface area contributed by atoms with Crippen molar-refractivity contribution in [3.8, 4) is 5.75 Å². The molecule has 5 nitrogen and oxygen atoms in total. The van der Waals surface area contributed by atoms with Crippen molar-refractivity contribution in [3.05, 3.63) is 65.5 Å². The third kappa shape index (κ3) is 4.32. The van der Waals surface area contributed by atoms with Crippen LogP contribution >= 0.6 is 0 Å². The van der Waals surface area contributed by atoms with E-state index in [-0.39, 0.29) is 23.7 Å². The number of rotatable bonds is 6. The van der Waals surface area contributed by atoms with Crippen LogP contribution in [0, 0.1) is 5.82 Å². The fourth-order valence-electron chi connectivity index (χ4n) is 3.43. The van der Waals surface area contributed by atoms with Gasteiger partial charge in [-0.2, -0.15) is 0 Å². The molecule has 2 fully saturated rings. The predicted octanol–water partition coefficient (Wildman–Crippen LogP) is 3.40. The van der Waals surface area contributed by atoms with E-state index in [9.17, 15) is 14.0 Å². The summed E-state index contributed by atoms with van der Waals surface area (Å²) in [5.74, 6) is 0.162. The second kappa shape index (κ2) is 8.00. The van der Waals surface area contributed by atoms with Gasteiger partial charge in [0.05, 0.1) is 6.04 Å². The highest BCUT2D eigenvalue weighted by Gasteiger charge is 2.30. The van der Waals surface area contributed by atoms with Gasteiger partial charge in [0.15, 0.2) is 0 Å². The quantitative estimate of drug-likeness (QED) is 0.833. The molecule has 2 amide bonds. The molecule has 1 aliphatic heterocycles. The first kappa shape index (κ1) is 18.5. The van der Waals surface area contributed by atoms with Gasteiger partial charge in [-0.05, 0) is 74.2 Å². The number of nitrogens with zero attached hydrogens (tertiary/aromatic N) is 1. The van der Waals surface area contributed by atoms with Crippen LogP contribution in [0.15, 0.2) is 48.5 Å². The lowest BCUT2D eigenvalue weighted by molar-refractivity contribution is 0.0691. The lowest BCUT2D eigenvalue weighted by Gasteiger charge is -2.25. The molecule has 0 unspecified atom stereocenters. The first-order valence-electron chi connectivity index (χ1n) is 9.70. The van der Waals surface area contributed by atoms with Gasteiger partial charge in [-0.1, -0.05) is 0 Å². The van der Waals surface area contributed by atoms with E-state index < -0.39 is 0 Å². The van der Waals surface area contributed by atoms with Gasteiger partial charge in [0.2, 0.25) is 0 Å². The van der Waals surface area contributed by atoms with Crippen LogP contribution in [-0.4, -0.2) is 41.9 Å². The zero-order valence-corrected chi connectivity index (χ0v) is 15.6. The minimum Gasteiger partial charge on any atom is -0.491 e. The summed E-state index contributed by atoms with van der Waals surface area (Å²) in [7, 11) is 0. The van der Waals surface area contributed by atoms with Crippen molar-refractivity contribution in [2.45, 2.75) is 37.8 Å². The van der Waals surface area contributed by atoms with Gasteiger partial charge in [-0.3, -0.25) is 9.59 Å². The Bertz CT molecular complexity index is 847. The molecule has 4 rings (SSSR count). The lowest BCUT2D eigenvalue weighted by atomic mass is 10.1. The Balaban J connectivity index is 1.33. The van der Waals surface area contributed by atoms with Gasteiger partial charge in [0, 0.05) is 23.7 Å². The maximum atomic E-state index is 13.1. The van der Waals surface area contributed by atoms with Crippen LogP contribution in [0.4, 0.5) is 4.39 Å². The van der Waals surface area contributed by atoms with Gasteiger partial charge < -0.3 is 15.0 Å².